The van der Waals surface area contributed by atoms with E-state index in [2.05, 4.69) is 28.2 Å². The molecule has 0 spiro atoms. The average Bonchev–Trinajstić information content (AvgIpc) is 2.46. The maximum atomic E-state index is 12.9. The van der Waals surface area contributed by atoms with E-state index in [1.165, 1.54) is 12.8 Å². The van der Waals surface area contributed by atoms with E-state index >= 15 is 0 Å². The van der Waals surface area contributed by atoms with E-state index in [9.17, 15) is 4.21 Å². The average molecular weight is 344 g/mol. The number of hydrogen-bond donors (Lipinski definition) is 1. The van der Waals surface area contributed by atoms with Crippen molar-refractivity contribution in [2.24, 2.45) is 5.92 Å². The molecule has 1 saturated carbocycles. The van der Waals surface area contributed by atoms with E-state index in [4.69, 9.17) is 0 Å². The zero-order chi connectivity index (χ0) is 13.8. The predicted molar refractivity (Wildman–Crippen MR) is 84.8 cm³/mol. The standard InChI is InChI=1S/C15H22BrNOS/c1-3-11-8-9-13(17-2)15(10-11)19(18)14-7-5-4-6-12(14)16/h4-7,11,13,15,17H,3,8-10H2,1-2H3. The van der Waals surface area contributed by atoms with Gasteiger partial charge in [0.15, 0.2) is 0 Å². The Hall–Kier alpha value is -0.190. The van der Waals surface area contributed by atoms with Crippen LogP contribution in [-0.4, -0.2) is 22.5 Å². The zero-order valence-corrected chi connectivity index (χ0v) is 14.0. The van der Waals surface area contributed by atoms with Crippen molar-refractivity contribution < 1.29 is 4.21 Å². The van der Waals surface area contributed by atoms with Crippen LogP contribution in [0.3, 0.4) is 0 Å². The summed E-state index contributed by atoms with van der Waals surface area (Å²) in [6, 6.07) is 8.25. The highest BCUT2D eigenvalue weighted by molar-refractivity contribution is 9.10. The summed E-state index contributed by atoms with van der Waals surface area (Å²) in [5, 5.41) is 3.58. The van der Waals surface area contributed by atoms with Gasteiger partial charge in [0.25, 0.3) is 0 Å². The third-order valence-electron chi connectivity index (χ3n) is 4.18. The molecule has 0 radical (unpaired) electrons. The summed E-state index contributed by atoms with van der Waals surface area (Å²) in [6.07, 6.45) is 4.65. The summed E-state index contributed by atoms with van der Waals surface area (Å²) < 4.78 is 13.9. The normalized spacial score (nSPS) is 29.1. The van der Waals surface area contributed by atoms with E-state index in [1.54, 1.807) is 0 Å². The van der Waals surface area contributed by atoms with Gasteiger partial charge in [0.2, 0.25) is 0 Å². The minimum Gasteiger partial charge on any atom is -0.316 e. The first-order valence-corrected chi connectivity index (χ1v) is 9.00. The largest absolute Gasteiger partial charge is 0.316 e. The fourth-order valence-electron chi connectivity index (χ4n) is 2.92. The van der Waals surface area contributed by atoms with Crippen molar-refractivity contribution in [3.63, 3.8) is 0 Å². The smallest absolute Gasteiger partial charge is 0.0588 e. The lowest BCUT2D eigenvalue weighted by molar-refractivity contribution is 0.301. The summed E-state index contributed by atoms with van der Waals surface area (Å²) in [4.78, 5) is 0.935. The lowest BCUT2D eigenvalue weighted by Crippen LogP contribution is -2.44. The van der Waals surface area contributed by atoms with Crippen molar-refractivity contribution in [1.29, 1.82) is 0 Å². The first kappa shape index (κ1) is 15.2. The Morgan fingerprint density at radius 3 is 2.74 bits per heavy atom. The van der Waals surface area contributed by atoms with Gasteiger partial charge in [-0.3, -0.25) is 4.21 Å². The van der Waals surface area contributed by atoms with Gasteiger partial charge < -0.3 is 5.32 Å². The Bertz CT molecular complexity index is 452. The van der Waals surface area contributed by atoms with Crippen LogP contribution in [-0.2, 0) is 10.8 Å². The number of benzene rings is 1. The van der Waals surface area contributed by atoms with E-state index in [1.807, 2.05) is 31.3 Å². The second-order valence-electron chi connectivity index (χ2n) is 5.25. The number of hydrogen-bond acceptors (Lipinski definition) is 2. The molecule has 4 heteroatoms. The molecule has 1 N–H and O–H groups in total. The van der Waals surface area contributed by atoms with E-state index in [0.29, 0.717) is 6.04 Å². The monoisotopic (exact) mass is 343 g/mol. The molecule has 2 nitrogen and oxygen atoms in total. The fraction of sp³-hybridized carbons (Fsp3) is 0.600. The van der Waals surface area contributed by atoms with Crippen LogP contribution in [0.1, 0.15) is 32.6 Å². The van der Waals surface area contributed by atoms with Crippen molar-refractivity contribution >= 4 is 26.7 Å². The van der Waals surface area contributed by atoms with Gasteiger partial charge >= 0.3 is 0 Å². The second-order valence-corrected chi connectivity index (χ2v) is 7.74. The minimum atomic E-state index is -0.943. The van der Waals surface area contributed by atoms with Crippen molar-refractivity contribution in [2.45, 2.75) is 48.8 Å². The molecule has 0 heterocycles. The van der Waals surface area contributed by atoms with Gasteiger partial charge in [0.1, 0.15) is 0 Å². The van der Waals surface area contributed by atoms with Gasteiger partial charge in [-0.2, -0.15) is 0 Å². The molecule has 1 aliphatic carbocycles. The molecule has 19 heavy (non-hydrogen) atoms. The SMILES string of the molecule is CCC1CCC(NC)C(S(=O)c2ccccc2Br)C1. The molecule has 4 unspecified atom stereocenters. The maximum Gasteiger partial charge on any atom is 0.0588 e. The molecule has 0 aromatic heterocycles. The van der Waals surface area contributed by atoms with Crippen LogP contribution in [0.25, 0.3) is 0 Å². The van der Waals surface area contributed by atoms with Gasteiger partial charge in [0, 0.05) is 10.5 Å². The summed E-state index contributed by atoms with van der Waals surface area (Å²) in [5.41, 5.74) is 0. The lowest BCUT2D eigenvalue weighted by atomic mass is 9.84. The second kappa shape index (κ2) is 7.00. The first-order valence-electron chi connectivity index (χ1n) is 6.99. The molecule has 1 aromatic carbocycles. The van der Waals surface area contributed by atoms with Crippen LogP contribution in [0.2, 0.25) is 0 Å². The molecule has 0 aliphatic heterocycles. The predicted octanol–water partition coefficient (Wildman–Crippen LogP) is 3.72. The van der Waals surface area contributed by atoms with Crippen LogP contribution < -0.4 is 5.32 Å². The first-order chi connectivity index (χ1) is 9.17. The van der Waals surface area contributed by atoms with Crippen LogP contribution in [0.15, 0.2) is 33.6 Å². The molecule has 1 fully saturated rings. The molecular formula is C15H22BrNOS. The lowest BCUT2D eigenvalue weighted by Gasteiger charge is -2.35. The van der Waals surface area contributed by atoms with Crippen molar-refractivity contribution in [1.82, 2.24) is 5.32 Å². The summed E-state index contributed by atoms with van der Waals surface area (Å²) >= 11 is 3.52. The number of halogens is 1. The van der Waals surface area contributed by atoms with Gasteiger partial charge in [-0.15, -0.1) is 0 Å². The van der Waals surface area contributed by atoms with Gasteiger partial charge in [0.05, 0.1) is 20.9 Å². The Kier molecular flexibility index (Phi) is 5.60. The highest BCUT2D eigenvalue weighted by atomic mass is 79.9. The maximum absolute atomic E-state index is 12.9. The highest BCUT2D eigenvalue weighted by Gasteiger charge is 2.34. The van der Waals surface area contributed by atoms with E-state index in [0.717, 1.165) is 28.1 Å². The van der Waals surface area contributed by atoms with Crippen molar-refractivity contribution in [2.75, 3.05) is 7.05 Å². The van der Waals surface area contributed by atoms with Crippen LogP contribution >= 0.6 is 15.9 Å². The molecular weight excluding hydrogens is 322 g/mol. The molecule has 2 rings (SSSR count). The van der Waals surface area contributed by atoms with Gasteiger partial charge in [-0.1, -0.05) is 25.5 Å². The summed E-state index contributed by atoms with van der Waals surface area (Å²) in [7, 11) is 1.04. The van der Waals surface area contributed by atoms with Crippen LogP contribution in [0.5, 0.6) is 0 Å². The van der Waals surface area contributed by atoms with Gasteiger partial charge in [-0.25, -0.2) is 0 Å². The molecule has 1 aliphatic rings. The van der Waals surface area contributed by atoms with Crippen molar-refractivity contribution in [3.05, 3.63) is 28.7 Å². The molecule has 0 amide bonds. The summed E-state index contributed by atoms with van der Waals surface area (Å²) in [6.45, 7) is 2.24. The van der Waals surface area contributed by atoms with Crippen LogP contribution in [0, 0.1) is 5.92 Å². The van der Waals surface area contributed by atoms with E-state index in [-0.39, 0.29) is 5.25 Å². The Morgan fingerprint density at radius 1 is 1.37 bits per heavy atom. The number of rotatable bonds is 4. The fourth-order valence-corrected chi connectivity index (χ4v) is 5.50. The Balaban J connectivity index is 2.22. The van der Waals surface area contributed by atoms with E-state index < -0.39 is 10.8 Å². The Labute approximate surface area is 127 Å². The summed E-state index contributed by atoms with van der Waals surface area (Å²) in [5.74, 6) is 0.723. The van der Waals surface area contributed by atoms with Crippen molar-refractivity contribution in [3.8, 4) is 0 Å². The molecule has 1 aromatic rings. The minimum absolute atomic E-state index is 0.224. The zero-order valence-electron chi connectivity index (χ0n) is 11.6. The molecule has 0 saturated heterocycles. The van der Waals surface area contributed by atoms with Gasteiger partial charge in [-0.05, 0) is 60.3 Å². The molecule has 0 bridgehead atoms. The third-order valence-corrected chi connectivity index (χ3v) is 6.99. The number of nitrogens with one attached hydrogen (secondary N) is 1. The molecule has 4 atom stereocenters. The van der Waals surface area contributed by atoms with Crippen LogP contribution in [0.4, 0.5) is 0 Å². The Morgan fingerprint density at radius 2 is 2.11 bits per heavy atom. The quantitative estimate of drug-likeness (QED) is 0.902. The third kappa shape index (κ3) is 3.47. The topological polar surface area (TPSA) is 29.1 Å². The molecule has 106 valence electrons. The highest BCUT2D eigenvalue weighted by Crippen LogP contribution is 2.33.